The topological polar surface area (TPSA) is 133 Å². The van der Waals surface area contributed by atoms with Crippen LogP contribution in [0.4, 0.5) is 5.69 Å². The van der Waals surface area contributed by atoms with Crippen molar-refractivity contribution in [1.82, 2.24) is 9.13 Å². The minimum atomic E-state index is -1.11. The lowest BCUT2D eigenvalue weighted by atomic mass is 10.3. The zero-order valence-corrected chi connectivity index (χ0v) is 9.78. The van der Waals surface area contributed by atoms with Crippen LogP contribution in [0.1, 0.15) is 6.92 Å². The summed E-state index contributed by atoms with van der Waals surface area (Å²) in [7, 11) is 0. The van der Waals surface area contributed by atoms with Crippen LogP contribution in [0, 0.1) is 10.1 Å². The minimum absolute atomic E-state index is 0.152. The van der Waals surface area contributed by atoms with Gasteiger partial charge < -0.3 is 10.8 Å². The van der Waals surface area contributed by atoms with Crippen molar-refractivity contribution in [1.29, 1.82) is 0 Å². The van der Waals surface area contributed by atoms with E-state index in [1.807, 2.05) is 0 Å². The van der Waals surface area contributed by atoms with Crippen LogP contribution >= 0.6 is 0 Å². The van der Waals surface area contributed by atoms with E-state index in [1.165, 1.54) is 0 Å². The van der Waals surface area contributed by atoms with Gasteiger partial charge in [-0.2, -0.15) is 0 Å². The molecule has 0 fully saturated rings. The van der Waals surface area contributed by atoms with Gasteiger partial charge in [0.15, 0.2) is 0 Å². The second-order valence-corrected chi connectivity index (χ2v) is 3.65. The number of aliphatic hydroxyl groups is 1. The largest absolute Gasteiger partial charge is 0.390 e. The summed E-state index contributed by atoms with van der Waals surface area (Å²) in [6.45, 7) is 1.27. The molecule has 100 valence electrons. The summed E-state index contributed by atoms with van der Waals surface area (Å²) in [6, 6.07) is 0. The van der Waals surface area contributed by atoms with Crippen LogP contribution in [-0.2, 0) is 13.1 Å². The molecule has 0 aromatic carbocycles. The quantitative estimate of drug-likeness (QED) is 0.475. The highest BCUT2D eigenvalue weighted by atomic mass is 16.6. The van der Waals surface area contributed by atoms with E-state index < -0.39 is 28.0 Å². The molecule has 3 N–H and O–H groups in total. The summed E-state index contributed by atoms with van der Waals surface area (Å²) in [5.74, 6) is 0. The van der Waals surface area contributed by atoms with Gasteiger partial charge in [-0.05, 0) is 6.92 Å². The summed E-state index contributed by atoms with van der Waals surface area (Å²) < 4.78 is 1.65. The third-order valence-electron chi connectivity index (χ3n) is 2.42. The van der Waals surface area contributed by atoms with E-state index in [9.17, 15) is 24.8 Å². The van der Waals surface area contributed by atoms with Gasteiger partial charge >= 0.3 is 16.9 Å². The number of hydrogen-bond acceptors (Lipinski definition) is 6. The molecule has 1 aromatic heterocycles. The van der Waals surface area contributed by atoms with Gasteiger partial charge in [-0.25, -0.2) is 4.79 Å². The highest BCUT2D eigenvalue weighted by Gasteiger charge is 2.20. The summed E-state index contributed by atoms with van der Waals surface area (Å²) in [4.78, 5) is 33.3. The first-order chi connectivity index (χ1) is 8.42. The molecule has 9 nitrogen and oxygen atoms in total. The van der Waals surface area contributed by atoms with Crippen molar-refractivity contribution in [2.45, 2.75) is 26.1 Å². The summed E-state index contributed by atoms with van der Waals surface area (Å²) in [5.41, 5.74) is 2.73. The Hall–Kier alpha value is -2.00. The SMILES string of the molecule is CCn1cc([N+](=O)[O-])c(=O)n(C[C@H](O)CN)c1=O. The zero-order chi connectivity index (χ0) is 13.9. The third kappa shape index (κ3) is 2.63. The molecule has 0 spiro atoms. The number of hydrogen-bond donors (Lipinski definition) is 2. The standard InChI is InChI=1S/C9H14N4O5/c1-2-11-5-7(13(17)18)8(15)12(9(11)16)4-6(14)3-10/h5-6,14H,2-4,10H2,1H3/t6-/m1/s1. The molecule has 1 rings (SSSR count). The number of aryl methyl sites for hydroxylation is 1. The molecule has 0 aliphatic carbocycles. The van der Waals surface area contributed by atoms with Crippen LogP contribution in [0.15, 0.2) is 15.8 Å². The highest BCUT2D eigenvalue weighted by molar-refractivity contribution is 5.21. The summed E-state index contributed by atoms with van der Waals surface area (Å²) in [6.07, 6.45) is -0.210. The lowest BCUT2D eigenvalue weighted by Gasteiger charge is -2.11. The number of nitrogens with zero attached hydrogens (tertiary/aromatic N) is 3. The molecular weight excluding hydrogens is 244 g/mol. The number of rotatable bonds is 5. The van der Waals surface area contributed by atoms with Crippen LogP contribution in [0.5, 0.6) is 0 Å². The Balaban J connectivity index is 3.48. The molecule has 0 bridgehead atoms. The number of nitro groups is 1. The van der Waals surface area contributed by atoms with Crippen molar-refractivity contribution in [3.8, 4) is 0 Å². The van der Waals surface area contributed by atoms with E-state index >= 15 is 0 Å². The van der Waals surface area contributed by atoms with Gasteiger partial charge in [0.2, 0.25) is 0 Å². The number of nitrogens with two attached hydrogens (primary N) is 1. The molecule has 0 radical (unpaired) electrons. The summed E-state index contributed by atoms with van der Waals surface area (Å²) in [5, 5.41) is 20.0. The number of aliphatic hydroxyl groups excluding tert-OH is 1. The van der Waals surface area contributed by atoms with Crippen molar-refractivity contribution >= 4 is 5.69 Å². The van der Waals surface area contributed by atoms with Crippen molar-refractivity contribution in [2.24, 2.45) is 5.73 Å². The Morgan fingerprint density at radius 3 is 2.61 bits per heavy atom. The molecule has 0 unspecified atom stereocenters. The second kappa shape index (κ2) is 5.56. The predicted octanol–water partition coefficient (Wildman–Crippen LogP) is -1.74. The second-order valence-electron chi connectivity index (χ2n) is 3.65. The van der Waals surface area contributed by atoms with Crippen LogP contribution < -0.4 is 17.0 Å². The molecule has 1 heterocycles. The van der Waals surface area contributed by atoms with Crippen LogP contribution in [0.3, 0.4) is 0 Å². The normalized spacial score (nSPS) is 12.4. The third-order valence-corrected chi connectivity index (χ3v) is 2.42. The monoisotopic (exact) mass is 258 g/mol. The first-order valence-corrected chi connectivity index (χ1v) is 5.29. The predicted molar refractivity (Wildman–Crippen MR) is 62.4 cm³/mol. The summed E-state index contributed by atoms with van der Waals surface area (Å²) >= 11 is 0. The van der Waals surface area contributed by atoms with Crippen LogP contribution in [0.25, 0.3) is 0 Å². The van der Waals surface area contributed by atoms with Crippen LogP contribution in [-0.4, -0.2) is 31.8 Å². The molecule has 18 heavy (non-hydrogen) atoms. The van der Waals surface area contributed by atoms with Gasteiger partial charge in [-0.3, -0.25) is 24.0 Å². The van der Waals surface area contributed by atoms with Gasteiger partial charge in [0.05, 0.1) is 23.8 Å². The molecule has 1 aromatic rings. The van der Waals surface area contributed by atoms with E-state index in [2.05, 4.69) is 0 Å². The average molecular weight is 258 g/mol. The molecule has 9 heteroatoms. The smallest absolute Gasteiger partial charge is 0.350 e. The Labute approximate surface area is 101 Å². The van der Waals surface area contributed by atoms with Gasteiger partial charge in [-0.1, -0.05) is 0 Å². The average Bonchev–Trinajstić information content (AvgIpc) is 2.33. The molecule has 0 saturated heterocycles. The number of aromatic nitrogens is 2. The highest BCUT2D eigenvalue weighted by Crippen LogP contribution is 2.00. The fraction of sp³-hybridized carbons (Fsp3) is 0.556. The maximum absolute atomic E-state index is 11.8. The maximum atomic E-state index is 11.8. The van der Waals surface area contributed by atoms with Gasteiger partial charge in [-0.15, -0.1) is 0 Å². The fourth-order valence-corrected chi connectivity index (χ4v) is 1.44. The van der Waals surface area contributed by atoms with Crippen molar-refractivity contribution in [3.63, 3.8) is 0 Å². The van der Waals surface area contributed by atoms with Crippen LogP contribution in [0.2, 0.25) is 0 Å². The fourth-order valence-electron chi connectivity index (χ4n) is 1.44. The lowest BCUT2D eigenvalue weighted by molar-refractivity contribution is -0.387. The molecule has 0 aliphatic heterocycles. The Morgan fingerprint density at radius 2 is 2.17 bits per heavy atom. The van der Waals surface area contributed by atoms with Gasteiger partial charge in [0.1, 0.15) is 0 Å². The lowest BCUT2D eigenvalue weighted by Crippen LogP contribution is -2.43. The molecule has 1 atom stereocenters. The maximum Gasteiger partial charge on any atom is 0.350 e. The van der Waals surface area contributed by atoms with Crippen molar-refractivity contribution < 1.29 is 10.0 Å². The van der Waals surface area contributed by atoms with E-state index in [-0.39, 0.29) is 19.6 Å². The van der Waals surface area contributed by atoms with E-state index in [4.69, 9.17) is 5.73 Å². The first kappa shape index (κ1) is 14.1. The zero-order valence-electron chi connectivity index (χ0n) is 9.78. The van der Waals surface area contributed by atoms with Gasteiger partial charge in [0.25, 0.3) is 0 Å². The van der Waals surface area contributed by atoms with E-state index in [0.29, 0.717) is 4.57 Å². The van der Waals surface area contributed by atoms with E-state index in [1.54, 1.807) is 6.92 Å². The van der Waals surface area contributed by atoms with Crippen molar-refractivity contribution in [2.75, 3.05) is 6.54 Å². The van der Waals surface area contributed by atoms with Gasteiger partial charge in [0, 0.05) is 13.1 Å². The Kier molecular flexibility index (Phi) is 4.34. The molecule has 0 aliphatic rings. The Morgan fingerprint density at radius 1 is 1.56 bits per heavy atom. The molecular formula is C9H14N4O5. The molecule has 0 amide bonds. The molecule has 0 saturated carbocycles. The first-order valence-electron chi connectivity index (χ1n) is 5.29. The van der Waals surface area contributed by atoms with Crippen molar-refractivity contribution in [3.05, 3.63) is 37.1 Å². The Bertz CT molecular complexity index is 561. The minimum Gasteiger partial charge on any atom is -0.390 e. The van der Waals surface area contributed by atoms with E-state index in [0.717, 1.165) is 10.8 Å².